The lowest BCUT2D eigenvalue weighted by Crippen LogP contribution is -2.14. The number of hydrogen-bond acceptors (Lipinski definition) is 5. The Bertz CT molecular complexity index is 929. The number of pyridine rings is 2. The van der Waals surface area contributed by atoms with E-state index in [-0.39, 0.29) is 17.1 Å². The molecule has 1 N–H and O–H groups in total. The highest BCUT2D eigenvalue weighted by Gasteiger charge is 2.15. The summed E-state index contributed by atoms with van der Waals surface area (Å²) in [7, 11) is 0. The number of aromatic nitrogens is 2. The third-order valence-electron chi connectivity index (χ3n) is 3.66. The molecule has 0 saturated heterocycles. The molecule has 0 aliphatic rings. The molecule has 0 bridgehead atoms. The Hall–Kier alpha value is -2.73. The van der Waals surface area contributed by atoms with E-state index in [1.165, 1.54) is 28.2 Å². The van der Waals surface area contributed by atoms with Crippen LogP contribution in [-0.2, 0) is 6.42 Å². The number of Topliss-reactive ketones (excluding diaryl/α,β-unsaturated/α-hetero) is 1. The van der Waals surface area contributed by atoms with Gasteiger partial charge in [0.15, 0.2) is 5.78 Å². The third-order valence-corrected chi connectivity index (χ3v) is 4.94. The predicted molar refractivity (Wildman–Crippen MR) is 93.2 cm³/mol. The molecule has 0 saturated carbocycles. The summed E-state index contributed by atoms with van der Waals surface area (Å²) in [5, 5.41) is 10.0. The Balaban J connectivity index is 1.81. The molecule has 6 heteroatoms. The number of rotatable bonds is 5. The van der Waals surface area contributed by atoms with Crippen molar-refractivity contribution in [3.05, 3.63) is 75.3 Å². The highest BCUT2D eigenvalue weighted by molar-refractivity contribution is 7.16. The average Bonchev–Trinajstić information content (AvgIpc) is 2.95. The van der Waals surface area contributed by atoms with E-state index >= 15 is 0 Å². The van der Waals surface area contributed by atoms with Crippen LogP contribution in [0.3, 0.4) is 0 Å². The molecule has 0 spiro atoms. The normalized spacial score (nSPS) is 10.7. The molecule has 0 unspecified atom stereocenters. The maximum absolute atomic E-state index is 12.5. The van der Waals surface area contributed by atoms with E-state index in [1.54, 1.807) is 12.4 Å². The molecule has 3 aromatic heterocycles. The van der Waals surface area contributed by atoms with Gasteiger partial charge < -0.3 is 5.11 Å². The predicted octanol–water partition coefficient (Wildman–Crippen LogP) is 3.12. The monoisotopic (exact) mass is 340 g/mol. The summed E-state index contributed by atoms with van der Waals surface area (Å²) < 4.78 is 1.43. The first kappa shape index (κ1) is 16.1. The van der Waals surface area contributed by atoms with Gasteiger partial charge in [-0.15, -0.1) is 11.3 Å². The van der Waals surface area contributed by atoms with Gasteiger partial charge in [0.2, 0.25) is 0 Å². The van der Waals surface area contributed by atoms with Crippen LogP contribution in [0.4, 0.5) is 0 Å². The van der Waals surface area contributed by atoms with Gasteiger partial charge >= 0.3 is 0 Å². The van der Waals surface area contributed by atoms with Gasteiger partial charge in [-0.1, -0.05) is 6.07 Å². The summed E-state index contributed by atoms with van der Waals surface area (Å²) in [4.78, 5) is 29.2. The lowest BCUT2D eigenvalue weighted by Gasteiger charge is -2.01. The Morgan fingerprint density at radius 2 is 2.17 bits per heavy atom. The number of aryl methyl sites for hydroxylation is 2. The molecule has 5 nitrogen and oxygen atoms in total. The highest BCUT2D eigenvalue weighted by atomic mass is 32.1. The van der Waals surface area contributed by atoms with Crippen LogP contribution in [0.2, 0.25) is 0 Å². The second kappa shape index (κ2) is 6.80. The molecule has 0 radical (unpaired) electrons. The summed E-state index contributed by atoms with van der Waals surface area (Å²) in [5.74, 6) is -0.0169. The molecular formula is C18H16N2O3S. The summed E-state index contributed by atoms with van der Waals surface area (Å²) in [6.07, 6.45) is 6.01. The number of carbonyl (C=O) groups excluding carboxylic acids is 1. The fourth-order valence-corrected chi connectivity index (χ4v) is 3.56. The van der Waals surface area contributed by atoms with E-state index in [0.717, 1.165) is 17.2 Å². The van der Waals surface area contributed by atoms with E-state index < -0.39 is 0 Å². The molecule has 0 aliphatic carbocycles. The van der Waals surface area contributed by atoms with Gasteiger partial charge in [-0.25, -0.2) is 0 Å². The van der Waals surface area contributed by atoms with Gasteiger partial charge in [0.1, 0.15) is 10.8 Å². The summed E-state index contributed by atoms with van der Waals surface area (Å²) in [6.45, 7) is 1.86. The number of carbonyl (C=O) groups is 1. The van der Waals surface area contributed by atoms with Crippen molar-refractivity contribution in [2.75, 3.05) is 0 Å². The smallest absolute Gasteiger partial charge is 0.259 e. The molecule has 0 aliphatic heterocycles. The number of thiophene rings is 1. The van der Waals surface area contributed by atoms with Crippen molar-refractivity contribution >= 4 is 17.1 Å². The van der Waals surface area contributed by atoms with Gasteiger partial charge in [-0.3, -0.25) is 19.1 Å². The molecule has 3 heterocycles. The Kier molecular flexibility index (Phi) is 4.57. The maximum atomic E-state index is 12.5. The molecule has 122 valence electrons. The SMILES string of the molecule is Cc1cc(-n2ccc(O)cc2=O)sc1C(=O)CCc1cccnc1. The summed E-state index contributed by atoms with van der Waals surface area (Å²) >= 11 is 1.29. The van der Waals surface area contributed by atoms with Crippen LogP contribution < -0.4 is 5.56 Å². The third kappa shape index (κ3) is 3.44. The van der Waals surface area contributed by atoms with Crippen molar-refractivity contribution in [3.8, 4) is 10.8 Å². The largest absolute Gasteiger partial charge is 0.508 e. The second-order valence-electron chi connectivity index (χ2n) is 5.47. The fourth-order valence-electron chi connectivity index (χ4n) is 2.43. The first-order valence-electron chi connectivity index (χ1n) is 7.49. The van der Waals surface area contributed by atoms with E-state index in [0.29, 0.717) is 22.7 Å². The van der Waals surface area contributed by atoms with E-state index in [1.807, 2.05) is 25.1 Å². The lowest BCUT2D eigenvalue weighted by molar-refractivity contribution is 0.0986. The molecule has 3 aromatic rings. The van der Waals surface area contributed by atoms with Crippen LogP contribution in [0.1, 0.15) is 27.2 Å². The van der Waals surface area contributed by atoms with Crippen LogP contribution in [0.25, 0.3) is 5.00 Å². The zero-order valence-corrected chi connectivity index (χ0v) is 13.9. The molecule has 24 heavy (non-hydrogen) atoms. The first-order chi connectivity index (χ1) is 11.5. The van der Waals surface area contributed by atoms with Gasteiger partial charge in [-0.2, -0.15) is 0 Å². The molecular weight excluding hydrogens is 324 g/mol. The molecule has 3 rings (SSSR count). The Morgan fingerprint density at radius 3 is 2.88 bits per heavy atom. The quantitative estimate of drug-likeness (QED) is 0.724. The van der Waals surface area contributed by atoms with Crippen LogP contribution in [0, 0.1) is 6.92 Å². The fraction of sp³-hybridized carbons (Fsp3) is 0.167. The van der Waals surface area contributed by atoms with E-state index in [2.05, 4.69) is 4.98 Å². The van der Waals surface area contributed by atoms with Crippen molar-refractivity contribution in [1.82, 2.24) is 9.55 Å². The number of aromatic hydroxyl groups is 1. The minimum atomic E-state index is -0.328. The van der Waals surface area contributed by atoms with Crippen LogP contribution >= 0.6 is 11.3 Å². The number of ketones is 1. The minimum absolute atomic E-state index is 0.0550. The Labute approximate surface area is 142 Å². The first-order valence-corrected chi connectivity index (χ1v) is 8.31. The Morgan fingerprint density at radius 1 is 1.33 bits per heavy atom. The van der Waals surface area contributed by atoms with E-state index in [4.69, 9.17) is 0 Å². The number of nitrogens with zero attached hydrogens (tertiary/aromatic N) is 2. The lowest BCUT2D eigenvalue weighted by atomic mass is 10.1. The van der Waals surface area contributed by atoms with Gasteiger partial charge in [0.05, 0.1) is 4.88 Å². The maximum Gasteiger partial charge on any atom is 0.259 e. The second-order valence-corrected chi connectivity index (χ2v) is 6.51. The number of hydrogen-bond donors (Lipinski definition) is 1. The van der Waals surface area contributed by atoms with Gasteiger partial charge in [0.25, 0.3) is 5.56 Å². The van der Waals surface area contributed by atoms with Crippen molar-refractivity contribution in [1.29, 1.82) is 0 Å². The zero-order chi connectivity index (χ0) is 17.1. The van der Waals surface area contributed by atoms with Crippen LogP contribution in [0.15, 0.2) is 53.7 Å². The summed E-state index contributed by atoms with van der Waals surface area (Å²) in [5.41, 5.74) is 1.55. The van der Waals surface area contributed by atoms with Crippen molar-refractivity contribution < 1.29 is 9.90 Å². The zero-order valence-electron chi connectivity index (χ0n) is 13.1. The molecule has 0 atom stereocenters. The summed E-state index contributed by atoms with van der Waals surface area (Å²) in [6, 6.07) is 8.22. The minimum Gasteiger partial charge on any atom is -0.508 e. The van der Waals surface area contributed by atoms with Crippen molar-refractivity contribution in [2.24, 2.45) is 0 Å². The van der Waals surface area contributed by atoms with Gasteiger partial charge in [0, 0.05) is 31.1 Å². The average molecular weight is 340 g/mol. The van der Waals surface area contributed by atoms with Crippen LogP contribution in [0.5, 0.6) is 5.75 Å². The van der Waals surface area contributed by atoms with E-state index in [9.17, 15) is 14.7 Å². The van der Waals surface area contributed by atoms with Crippen LogP contribution in [-0.4, -0.2) is 20.4 Å². The molecule has 0 aromatic carbocycles. The standard InChI is InChI=1S/C18H16N2O3S/c1-12-9-17(20-8-6-14(21)10-16(20)23)24-18(12)15(22)5-4-13-3-2-7-19-11-13/h2-3,6-11,21H,4-5H2,1H3. The van der Waals surface area contributed by atoms with Crippen molar-refractivity contribution in [3.63, 3.8) is 0 Å². The topological polar surface area (TPSA) is 72.2 Å². The molecule has 0 fully saturated rings. The highest BCUT2D eigenvalue weighted by Crippen LogP contribution is 2.26. The van der Waals surface area contributed by atoms with Crippen molar-refractivity contribution in [2.45, 2.75) is 19.8 Å². The molecule has 0 amide bonds. The van der Waals surface area contributed by atoms with Gasteiger partial charge in [-0.05, 0) is 42.7 Å².